The maximum absolute atomic E-state index is 11.6. The molecule has 0 bridgehead atoms. The van der Waals surface area contributed by atoms with Crippen LogP contribution in [0.1, 0.15) is 32.3 Å². The maximum Gasteiger partial charge on any atom is 0.226 e. The van der Waals surface area contributed by atoms with Gasteiger partial charge in [0, 0.05) is 24.6 Å². The summed E-state index contributed by atoms with van der Waals surface area (Å²) < 4.78 is 0. The van der Waals surface area contributed by atoms with Crippen LogP contribution in [0.4, 0.5) is 5.69 Å². The minimum Gasteiger partial charge on any atom is -0.352 e. The van der Waals surface area contributed by atoms with Gasteiger partial charge < -0.3 is 16.4 Å². The Hall–Kier alpha value is -1.88. The average molecular weight is 277 g/mol. The Morgan fingerprint density at radius 1 is 1.30 bits per heavy atom. The van der Waals surface area contributed by atoms with E-state index < -0.39 is 0 Å². The molecule has 0 spiro atoms. The minimum atomic E-state index is -0.0605. The van der Waals surface area contributed by atoms with E-state index in [-0.39, 0.29) is 17.7 Å². The first-order valence-electron chi connectivity index (χ1n) is 6.89. The molecule has 0 radical (unpaired) electrons. The molecule has 0 heterocycles. The lowest BCUT2D eigenvalue weighted by molar-refractivity contribution is -0.121. The Bertz CT molecular complexity index is 458. The molecular formula is C15H23N3O2. The molecule has 110 valence electrons. The van der Waals surface area contributed by atoms with Crippen molar-refractivity contribution in [3.05, 3.63) is 29.8 Å². The molecule has 0 saturated heterocycles. The zero-order valence-corrected chi connectivity index (χ0v) is 12.1. The maximum atomic E-state index is 11.6. The van der Waals surface area contributed by atoms with Gasteiger partial charge in [0.25, 0.3) is 0 Å². The van der Waals surface area contributed by atoms with Gasteiger partial charge in [-0.2, -0.15) is 0 Å². The molecule has 0 unspecified atom stereocenters. The molecule has 0 aliphatic rings. The highest BCUT2D eigenvalue weighted by atomic mass is 16.2. The molecule has 5 heteroatoms. The Morgan fingerprint density at radius 2 is 2.05 bits per heavy atom. The number of carbonyl (C=O) groups is 2. The second kappa shape index (κ2) is 8.32. The fourth-order valence-corrected chi connectivity index (χ4v) is 1.60. The number of hydrogen-bond acceptors (Lipinski definition) is 3. The van der Waals surface area contributed by atoms with Gasteiger partial charge in [-0.15, -0.1) is 0 Å². The zero-order chi connectivity index (χ0) is 15.0. The number of carbonyl (C=O) groups excluding carboxylic acids is 2. The van der Waals surface area contributed by atoms with E-state index >= 15 is 0 Å². The van der Waals surface area contributed by atoms with Crippen molar-refractivity contribution in [1.82, 2.24) is 5.32 Å². The molecule has 0 aliphatic heterocycles. The summed E-state index contributed by atoms with van der Waals surface area (Å²) in [6, 6.07) is 7.47. The van der Waals surface area contributed by atoms with Gasteiger partial charge in [0.1, 0.15) is 0 Å². The quantitative estimate of drug-likeness (QED) is 0.708. The van der Waals surface area contributed by atoms with Crippen LogP contribution >= 0.6 is 0 Å². The van der Waals surface area contributed by atoms with Crippen LogP contribution in [0.15, 0.2) is 24.3 Å². The van der Waals surface area contributed by atoms with Crippen molar-refractivity contribution in [1.29, 1.82) is 0 Å². The van der Waals surface area contributed by atoms with Gasteiger partial charge in [-0.1, -0.05) is 26.0 Å². The first-order valence-corrected chi connectivity index (χ1v) is 6.89. The van der Waals surface area contributed by atoms with Gasteiger partial charge in [0.05, 0.1) is 0 Å². The Morgan fingerprint density at radius 3 is 2.70 bits per heavy atom. The van der Waals surface area contributed by atoms with Gasteiger partial charge in [-0.25, -0.2) is 0 Å². The third-order valence-electron chi connectivity index (χ3n) is 2.82. The summed E-state index contributed by atoms with van der Waals surface area (Å²) in [5.74, 6) is -0.0872. The highest BCUT2D eigenvalue weighted by molar-refractivity contribution is 5.92. The van der Waals surface area contributed by atoms with Crippen molar-refractivity contribution in [3.8, 4) is 0 Å². The fourth-order valence-electron chi connectivity index (χ4n) is 1.60. The fraction of sp³-hybridized carbons (Fsp3) is 0.467. The number of nitrogens with two attached hydrogens (primary N) is 1. The summed E-state index contributed by atoms with van der Waals surface area (Å²) in [5.41, 5.74) is 7.05. The van der Waals surface area contributed by atoms with E-state index in [1.165, 1.54) is 0 Å². The highest BCUT2D eigenvalue weighted by Crippen LogP contribution is 2.12. The van der Waals surface area contributed by atoms with E-state index in [0.717, 1.165) is 11.3 Å². The molecule has 2 amide bonds. The molecule has 0 fully saturated rings. The number of amides is 2. The number of hydrogen-bond donors (Lipinski definition) is 3. The molecule has 0 saturated carbocycles. The predicted molar refractivity (Wildman–Crippen MR) is 80.0 cm³/mol. The van der Waals surface area contributed by atoms with Crippen LogP contribution in [0.5, 0.6) is 0 Å². The van der Waals surface area contributed by atoms with Gasteiger partial charge in [-0.3, -0.25) is 9.59 Å². The van der Waals surface area contributed by atoms with Crippen molar-refractivity contribution in [2.45, 2.75) is 33.2 Å². The van der Waals surface area contributed by atoms with Gasteiger partial charge in [-0.05, 0) is 30.7 Å². The smallest absolute Gasteiger partial charge is 0.226 e. The standard InChI is InChI=1S/C15H23N3O2/c1-11(2)15(20)18-13-6-3-5-12(9-13)10-17-14(19)7-4-8-16/h3,5-6,9,11H,4,7-8,10,16H2,1-2H3,(H,17,19)(H,18,20). The summed E-state index contributed by atoms with van der Waals surface area (Å²) >= 11 is 0. The zero-order valence-electron chi connectivity index (χ0n) is 12.1. The van der Waals surface area contributed by atoms with E-state index in [9.17, 15) is 9.59 Å². The highest BCUT2D eigenvalue weighted by Gasteiger charge is 2.07. The summed E-state index contributed by atoms with van der Waals surface area (Å²) in [4.78, 5) is 23.1. The van der Waals surface area contributed by atoms with Crippen molar-refractivity contribution in [2.75, 3.05) is 11.9 Å². The van der Waals surface area contributed by atoms with Crippen molar-refractivity contribution < 1.29 is 9.59 Å². The molecule has 0 aliphatic carbocycles. The van der Waals surface area contributed by atoms with E-state index in [1.54, 1.807) is 0 Å². The van der Waals surface area contributed by atoms with E-state index in [0.29, 0.717) is 25.9 Å². The van der Waals surface area contributed by atoms with Crippen LogP contribution in [0.2, 0.25) is 0 Å². The molecule has 0 aromatic heterocycles. The topological polar surface area (TPSA) is 84.2 Å². The van der Waals surface area contributed by atoms with E-state index in [4.69, 9.17) is 5.73 Å². The molecule has 4 N–H and O–H groups in total. The lowest BCUT2D eigenvalue weighted by Crippen LogP contribution is -2.23. The second-order valence-electron chi connectivity index (χ2n) is 5.01. The normalized spacial score (nSPS) is 10.4. The van der Waals surface area contributed by atoms with E-state index in [1.807, 2.05) is 38.1 Å². The average Bonchev–Trinajstić information content (AvgIpc) is 2.43. The lowest BCUT2D eigenvalue weighted by atomic mass is 10.1. The Kier molecular flexibility index (Phi) is 6.73. The third kappa shape index (κ3) is 5.84. The Balaban J connectivity index is 2.51. The largest absolute Gasteiger partial charge is 0.352 e. The Labute approximate surface area is 119 Å². The van der Waals surface area contributed by atoms with Crippen LogP contribution in [0, 0.1) is 5.92 Å². The monoisotopic (exact) mass is 277 g/mol. The first-order chi connectivity index (χ1) is 9.52. The van der Waals surface area contributed by atoms with Crippen molar-refractivity contribution in [2.24, 2.45) is 11.7 Å². The van der Waals surface area contributed by atoms with Crippen molar-refractivity contribution >= 4 is 17.5 Å². The lowest BCUT2D eigenvalue weighted by Gasteiger charge is -2.10. The summed E-state index contributed by atoms with van der Waals surface area (Å²) in [6.07, 6.45) is 1.14. The molecule has 1 aromatic carbocycles. The number of benzene rings is 1. The van der Waals surface area contributed by atoms with E-state index in [2.05, 4.69) is 10.6 Å². The van der Waals surface area contributed by atoms with Crippen molar-refractivity contribution in [3.63, 3.8) is 0 Å². The van der Waals surface area contributed by atoms with Gasteiger partial charge >= 0.3 is 0 Å². The molecule has 0 atom stereocenters. The minimum absolute atomic E-state index is 0.00734. The molecule has 1 rings (SSSR count). The SMILES string of the molecule is CC(C)C(=O)Nc1cccc(CNC(=O)CCCN)c1. The van der Waals surface area contributed by atoms with Crippen LogP contribution in [0.3, 0.4) is 0 Å². The number of anilines is 1. The van der Waals surface area contributed by atoms with Crippen LogP contribution < -0.4 is 16.4 Å². The van der Waals surface area contributed by atoms with Gasteiger partial charge in [0.15, 0.2) is 0 Å². The predicted octanol–water partition coefficient (Wildman–Crippen LogP) is 1.64. The summed E-state index contributed by atoms with van der Waals surface area (Å²) in [7, 11) is 0. The van der Waals surface area contributed by atoms with Gasteiger partial charge in [0.2, 0.25) is 11.8 Å². The first kappa shape index (κ1) is 16.2. The summed E-state index contributed by atoms with van der Waals surface area (Å²) in [5, 5.41) is 5.67. The number of nitrogens with one attached hydrogen (secondary N) is 2. The third-order valence-corrected chi connectivity index (χ3v) is 2.82. The molecule has 20 heavy (non-hydrogen) atoms. The molecule has 1 aromatic rings. The second-order valence-corrected chi connectivity index (χ2v) is 5.01. The summed E-state index contributed by atoms with van der Waals surface area (Å²) in [6.45, 7) is 4.66. The van der Waals surface area contributed by atoms with Crippen LogP contribution in [-0.4, -0.2) is 18.4 Å². The van der Waals surface area contributed by atoms with Crippen LogP contribution in [0.25, 0.3) is 0 Å². The van der Waals surface area contributed by atoms with Crippen LogP contribution in [-0.2, 0) is 16.1 Å². The number of rotatable bonds is 7. The molecule has 5 nitrogen and oxygen atoms in total. The molecular weight excluding hydrogens is 254 g/mol.